The summed E-state index contributed by atoms with van der Waals surface area (Å²) >= 11 is 0. The summed E-state index contributed by atoms with van der Waals surface area (Å²) in [5, 5.41) is 8.61. The minimum absolute atomic E-state index is 0.0132. The molecule has 0 unspecified atom stereocenters. The van der Waals surface area contributed by atoms with Crippen molar-refractivity contribution in [2.45, 2.75) is 13.0 Å². The van der Waals surface area contributed by atoms with Gasteiger partial charge in [0.1, 0.15) is 6.54 Å². The number of rotatable bonds is 2. The molecule has 0 aliphatic carbocycles. The van der Waals surface area contributed by atoms with Gasteiger partial charge in [0.15, 0.2) is 0 Å². The first-order valence-corrected chi connectivity index (χ1v) is 4.75. The third-order valence-corrected chi connectivity index (χ3v) is 2.54. The number of carbonyl (C=O) groups is 1. The largest absolute Gasteiger partial charge is 0.326 e. The van der Waals surface area contributed by atoms with E-state index in [-0.39, 0.29) is 12.5 Å². The Kier molecular flexibility index (Phi) is 2.40. The first-order chi connectivity index (χ1) is 7.26. The van der Waals surface area contributed by atoms with Crippen LogP contribution in [-0.2, 0) is 17.8 Å². The predicted molar refractivity (Wildman–Crippen MR) is 56.0 cm³/mol. The van der Waals surface area contributed by atoms with Gasteiger partial charge >= 0.3 is 0 Å². The van der Waals surface area contributed by atoms with Crippen molar-refractivity contribution in [1.29, 1.82) is 5.26 Å². The maximum Gasteiger partial charge on any atom is 0.232 e. The lowest BCUT2D eigenvalue weighted by Crippen LogP contribution is -2.26. The number of hydrogen-bond donors (Lipinski definition) is 1. The summed E-state index contributed by atoms with van der Waals surface area (Å²) in [5.41, 5.74) is 8.35. The van der Waals surface area contributed by atoms with E-state index < -0.39 is 0 Å². The second-order valence-corrected chi connectivity index (χ2v) is 3.48. The van der Waals surface area contributed by atoms with Gasteiger partial charge in [0.05, 0.1) is 12.5 Å². The van der Waals surface area contributed by atoms with Crippen molar-refractivity contribution in [2.75, 3.05) is 11.4 Å². The van der Waals surface area contributed by atoms with Crippen molar-refractivity contribution in [3.63, 3.8) is 0 Å². The topological polar surface area (TPSA) is 70.1 Å². The van der Waals surface area contributed by atoms with Gasteiger partial charge in [-0.3, -0.25) is 9.69 Å². The first kappa shape index (κ1) is 9.69. The first-order valence-electron chi connectivity index (χ1n) is 4.75. The Labute approximate surface area is 87.9 Å². The fourth-order valence-electron chi connectivity index (χ4n) is 1.81. The van der Waals surface area contributed by atoms with E-state index in [1.165, 1.54) is 4.90 Å². The number of nitrogens with zero attached hydrogens (tertiary/aromatic N) is 2. The molecule has 1 aromatic carbocycles. The van der Waals surface area contributed by atoms with Crippen molar-refractivity contribution < 1.29 is 4.79 Å². The number of hydrogen-bond acceptors (Lipinski definition) is 3. The second kappa shape index (κ2) is 3.71. The number of carbonyl (C=O) groups excluding carboxylic acids is 1. The Bertz CT molecular complexity index is 448. The molecule has 0 aromatic heterocycles. The van der Waals surface area contributed by atoms with E-state index in [1.807, 2.05) is 24.3 Å². The van der Waals surface area contributed by atoms with Crippen molar-refractivity contribution >= 4 is 11.6 Å². The molecule has 0 fully saturated rings. The van der Waals surface area contributed by atoms with Crippen molar-refractivity contribution in [3.8, 4) is 6.07 Å². The fraction of sp³-hybridized carbons (Fsp3) is 0.273. The summed E-state index contributed by atoms with van der Waals surface area (Å²) in [4.78, 5) is 13.1. The van der Waals surface area contributed by atoms with Gasteiger partial charge in [-0.05, 0) is 17.2 Å². The van der Waals surface area contributed by atoms with E-state index >= 15 is 0 Å². The van der Waals surface area contributed by atoms with Crippen LogP contribution >= 0.6 is 0 Å². The van der Waals surface area contributed by atoms with Gasteiger partial charge in [-0.2, -0.15) is 5.26 Å². The summed E-state index contributed by atoms with van der Waals surface area (Å²) in [6, 6.07) is 7.68. The quantitative estimate of drug-likeness (QED) is 0.710. The molecule has 1 heterocycles. The van der Waals surface area contributed by atoms with Crippen molar-refractivity contribution in [1.82, 2.24) is 0 Å². The van der Waals surface area contributed by atoms with Crippen LogP contribution in [0.2, 0.25) is 0 Å². The smallest absolute Gasteiger partial charge is 0.232 e. The lowest BCUT2D eigenvalue weighted by molar-refractivity contribution is -0.117. The van der Waals surface area contributed by atoms with Gasteiger partial charge < -0.3 is 5.73 Å². The number of fused-ring (bicyclic) bond motifs is 1. The molecule has 0 radical (unpaired) electrons. The zero-order chi connectivity index (χ0) is 10.8. The van der Waals surface area contributed by atoms with E-state index in [1.54, 1.807) is 0 Å². The molecule has 0 atom stereocenters. The second-order valence-electron chi connectivity index (χ2n) is 3.48. The lowest BCUT2D eigenvalue weighted by atomic mass is 10.1. The molecule has 4 nitrogen and oxygen atoms in total. The SMILES string of the molecule is N#CCN1C(=O)Cc2cc(CN)ccc21. The molecule has 1 amide bonds. The zero-order valence-corrected chi connectivity index (χ0v) is 8.23. The molecular formula is C11H11N3O. The van der Waals surface area contributed by atoms with E-state index in [4.69, 9.17) is 11.0 Å². The lowest BCUT2D eigenvalue weighted by Gasteiger charge is -2.12. The Hall–Kier alpha value is -1.86. The van der Waals surface area contributed by atoms with Gasteiger partial charge in [0.2, 0.25) is 5.91 Å². The van der Waals surface area contributed by atoms with E-state index in [0.29, 0.717) is 13.0 Å². The monoisotopic (exact) mass is 201 g/mol. The Morgan fingerprint density at radius 1 is 1.53 bits per heavy atom. The predicted octanol–water partition coefficient (Wildman–Crippen LogP) is 0.558. The van der Waals surface area contributed by atoms with Gasteiger partial charge in [-0.25, -0.2) is 0 Å². The molecule has 0 bridgehead atoms. The average molecular weight is 201 g/mol. The molecule has 0 saturated heterocycles. The number of benzene rings is 1. The summed E-state index contributed by atoms with van der Waals surface area (Å²) in [6.45, 7) is 0.591. The molecule has 1 aromatic rings. The van der Waals surface area contributed by atoms with Crippen LogP contribution in [0.4, 0.5) is 5.69 Å². The zero-order valence-electron chi connectivity index (χ0n) is 8.23. The van der Waals surface area contributed by atoms with Gasteiger partial charge in [-0.15, -0.1) is 0 Å². The fourth-order valence-corrected chi connectivity index (χ4v) is 1.81. The molecule has 2 rings (SSSR count). The van der Waals surface area contributed by atoms with Crippen LogP contribution in [0.5, 0.6) is 0 Å². The Morgan fingerprint density at radius 2 is 2.33 bits per heavy atom. The highest BCUT2D eigenvalue weighted by Gasteiger charge is 2.26. The van der Waals surface area contributed by atoms with Gasteiger partial charge in [0.25, 0.3) is 0 Å². The van der Waals surface area contributed by atoms with Gasteiger partial charge in [-0.1, -0.05) is 12.1 Å². The average Bonchev–Trinajstić information content (AvgIpc) is 2.55. The van der Waals surface area contributed by atoms with Crippen LogP contribution in [-0.4, -0.2) is 12.5 Å². The van der Waals surface area contributed by atoms with E-state index in [2.05, 4.69) is 0 Å². The van der Waals surface area contributed by atoms with Crippen LogP contribution in [0.15, 0.2) is 18.2 Å². The van der Waals surface area contributed by atoms with Gasteiger partial charge in [0, 0.05) is 12.2 Å². The van der Waals surface area contributed by atoms with Crippen molar-refractivity contribution in [3.05, 3.63) is 29.3 Å². The summed E-state index contributed by atoms with van der Waals surface area (Å²) in [5.74, 6) is -0.0132. The van der Waals surface area contributed by atoms with Crippen LogP contribution in [0.1, 0.15) is 11.1 Å². The molecule has 1 aliphatic rings. The maximum atomic E-state index is 11.6. The molecule has 15 heavy (non-hydrogen) atoms. The summed E-state index contributed by atoms with van der Waals surface area (Å²) in [7, 11) is 0. The molecule has 0 saturated carbocycles. The Balaban J connectivity index is 2.39. The molecule has 4 heteroatoms. The Morgan fingerprint density at radius 3 is 3.00 bits per heavy atom. The molecule has 2 N–H and O–H groups in total. The highest BCUT2D eigenvalue weighted by atomic mass is 16.2. The standard InChI is InChI=1S/C11H11N3O/c12-3-4-14-10-2-1-8(7-13)5-9(10)6-11(14)15/h1-2,5H,4,6-7,13H2. The molecule has 0 spiro atoms. The van der Waals surface area contributed by atoms with Crippen LogP contribution in [0.25, 0.3) is 0 Å². The summed E-state index contributed by atoms with van der Waals surface area (Å²) in [6.07, 6.45) is 0.380. The number of nitrogens with two attached hydrogens (primary N) is 1. The number of anilines is 1. The van der Waals surface area contributed by atoms with E-state index in [9.17, 15) is 4.79 Å². The molecule has 76 valence electrons. The van der Waals surface area contributed by atoms with Crippen molar-refractivity contribution in [2.24, 2.45) is 5.73 Å². The minimum Gasteiger partial charge on any atom is -0.326 e. The van der Waals surface area contributed by atoms with Crippen LogP contribution < -0.4 is 10.6 Å². The number of amides is 1. The van der Waals surface area contributed by atoms with Crippen LogP contribution in [0, 0.1) is 11.3 Å². The summed E-state index contributed by atoms with van der Waals surface area (Å²) < 4.78 is 0. The van der Waals surface area contributed by atoms with E-state index in [0.717, 1.165) is 16.8 Å². The molecule has 1 aliphatic heterocycles. The normalized spacial score (nSPS) is 13.9. The highest BCUT2D eigenvalue weighted by Crippen LogP contribution is 2.29. The number of nitriles is 1. The third-order valence-electron chi connectivity index (χ3n) is 2.54. The molecular weight excluding hydrogens is 190 g/mol. The minimum atomic E-state index is -0.0132. The van der Waals surface area contributed by atoms with Crippen LogP contribution in [0.3, 0.4) is 0 Å². The maximum absolute atomic E-state index is 11.6. The highest BCUT2D eigenvalue weighted by molar-refractivity contribution is 6.01. The third kappa shape index (κ3) is 1.58.